The molecule has 1 aromatic carbocycles. The van der Waals surface area contributed by atoms with Crippen LogP contribution in [0.4, 0.5) is 0 Å². The maximum Gasteiger partial charge on any atom is 0.0407 e. The normalized spacial score (nSPS) is 8.00. The van der Waals surface area contributed by atoms with Gasteiger partial charge in [0.25, 0.3) is 0 Å². The van der Waals surface area contributed by atoms with Crippen molar-refractivity contribution in [2.75, 3.05) is 6.38 Å². The molecule has 0 nitrogen and oxygen atoms in total. The lowest BCUT2D eigenvalue weighted by molar-refractivity contribution is 1.71. The average molecular weight is 197 g/mol. The SMILES string of the molecule is CCl.Clc1ccc(Cl)cc1. The van der Waals surface area contributed by atoms with Crippen LogP contribution in [0.5, 0.6) is 0 Å². The van der Waals surface area contributed by atoms with E-state index in [2.05, 4.69) is 11.6 Å². The maximum atomic E-state index is 5.55. The molecule has 0 atom stereocenters. The molecule has 0 saturated heterocycles. The fraction of sp³-hybridized carbons (Fsp3) is 0.143. The standard InChI is InChI=1S/C6H4Cl2.CH3Cl/c7-5-1-2-6(8)4-3-5;1-2/h1-4H;1H3. The Hall–Kier alpha value is 0.0900. The molecule has 0 aliphatic heterocycles. The van der Waals surface area contributed by atoms with Gasteiger partial charge < -0.3 is 0 Å². The number of hydrogen-bond donors (Lipinski definition) is 0. The summed E-state index contributed by atoms with van der Waals surface area (Å²) in [6.07, 6.45) is 1.47. The molecular formula is C7H7Cl3. The molecule has 56 valence electrons. The number of halogens is 3. The number of hydrogen-bond acceptors (Lipinski definition) is 0. The van der Waals surface area contributed by atoms with E-state index in [4.69, 9.17) is 23.2 Å². The van der Waals surface area contributed by atoms with Gasteiger partial charge in [0.05, 0.1) is 0 Å². The van der Waals surface area contributed by atoms with Gasteiger partial charge in [-0.1, -0.05) is 23.2 Å². The van der Waals surface area contributed by atoms with Crippen LogP contribution in [0, 0.1) is 0 Å². The monoisotopic (exact) mass is 196 g/mol. The molecule has 1 rings (SSSR count). The highest BCUT2D eigenvalue weighted by molar-refractivity contribution is 6.32. The highest BCUT2D eigenvalue weighted by Gasteiger charge is 1.83. The van der Waals surface area contributed by atoms with Gasteiger partial charge in [-0.3, -0.25) is 0 Å². The van der Waals surface area contributed by atoms with Gasteiger partial charge in [0.1, 0.15) is 0 Å². The zero-order chi connectivity index (χ0) is 7.98. The molecule has 0 spiro atoms. The van der Waals surface area contributed by atoms with Gasteiger partial charge >= 0.3 is 0 Å². The van der Waals surface area contributed by atoms with E-state index in [1.54, 1.807) is 24.3 Å². The van der Waals surface area contributed by atoms with Gasteiger partial charge in [-0.05, 0) is 24.3 Å². The summed E-state index contributed by atoms with van der Waals surface area (Å²) in [5.74, 6) is 0. The highest BCUT2D eigenvalue weighted by Crippen LogP contribution is 2.12. The topological polar surface area (TPSA) is 0 Å². The van der Waals surface area contributed by atoms with Crippen molar-refractivity contribution < 1.29 is 0 Å². The predicted molar refractivity (Wildman–Crippen MR) is 48.2 cm³/mol. The first-order valence-electron chi connectivity index (χ1n) is 2.58. The van der Waals surface area contributed by atoms with Gasteiger partial charge in [-0.25, -0.2) is 0 Å². The number of rotatable bonds is 0. The molecule has 0 aromatic heterocycles. The smallest absolute Gasteiger partial charge is 0.0407 e. The van der Waals surface area contributed by atoms with E-state index in [1.807, 2.05) is 0 Å². The van der Waals surface area contributed by atoms with Crippen molar-refractivity contribution in [2.24, 2.45) is 0 Å². The minimum atomic E-state index is 0.717. The molecule has 0 saturated carbocycles. The summed E-state index contributed by atoms with van der Waals surface area (Å²) in [6, 6.07) is 7.02. The van der Waals surface area contributed by atoms with Crippen molar-refractivity contribution in [3.63, 3.8) is 0 Å². The van der Waals surface area contributed by atoms with E-state index in [0.717, 1.165) is 10.0 Å². The molecule has 0 amide bonds. The van der Waals surface area contributed by atoms with Crippen LogP contribution >= 0.6 is 34.8 Å². The first-order chi connectivity index (χ1) is 4.79. The van der Waals surface area contributed by atoms with E-state index in [1.165, 1.54) is 6.38 Å². The Morgan fingerprint density at radius 1 is 0.800 bits per heavy atom. The first-order valence-corrected chi connectivity index (χ1v) is 4.09. The molecule has 0 bridgehead atoms. The van der Waals surface area contributed by atoms with Crippen molar-refractivity contribution in [3.8, 4) is 0 Å². The molecule has 0 aliphatic carbocycles. The van der Waals surface area contributed by atoms with Crippen molar-refractivity contribution >= 4 is 34.8 Å². The van der Waals surface area contributed by atoms with E-state index >= 15 is 0 Å². The number of benzene rings is 1. The lowest BCUT2D eigenvalue weighted by atomic mass is 10.4. The Labute approximate surface area is 75.7 Å². The number of alkyl halides is 1. The van der Waals surface area contributed by atoms with Crippen molar-refractivity contribution in [1.29, 1.82) is 0 Å². The van der Waals surface area contributed by atoms with Crippen LogP contribution in [0.1, 0.15) is 0 Å². The van der Waals surface area contributed by atoms with Crippen LogP contribution < -0.4 is 0 Å². The summed E-state index contributed by atoms with van der Waals surface area (Å²) in [6.45, 7) is 0. The van der Waals surface area contributed by atoms with Crippen molar-refractivity contribution in [1.82, 2.24) is 0 Å². The van der Waals surface area contributed by atoms with Crippen LogP contribution in [0.15, 0.2) is 24.3 Å². The molecule has 10 heavy (non-hydrogen) atoms. The minimum Gasteiger partial charge on any atom is -0.130 e. The van der Waals surface area contributed by atoms with Crippen LogP contribution in [0.25, 0.3) is 0 Å². The summed E-state index contributed by atoms with van der Waals surface area (Å²) in [5, 5.41) is 1.43. The summed E-state index contributed by atoms with van der Waals surface area (Å²) < 4.78 is 0. The third-order valence-corrected chi connectivity index (χ3v) is 1.31. The average Bonchev–Trinajstić information content (AvgIpc) is 2.00. The van der Waals surface area contributed by atoms with Gasteiger partial charge in [0.2, 0.25) is 0 Å². The second-order valence-electron chi connectivity index (χ2n) is 1.44. The van der Waals surface area contributed by atoms with E-state index < -0.39 is 0 Å². The molecule has 3 heteroatoms. The van der Waals surface area contributed by atoms with Crippen LogP contribution in [0.2, 0.25) is 10.0 Å². The predicted octanol–water partition coefficient (Wildman–Crippen LogP) is 3.85. The second kappa shape index (κ2) is 5.84. The van der Waals surface area contributed by atoms with Crippen LogP contribution in [-0.2, 0) is 0 Å². The van der Waals surface area contributed by atoms with E-state index in [0.29, 0.717) is 0 Å². The quantitative estimate of drug-likeness (QED) is 0.554. The van der Waals surface area contributed by atoms with Crippen molar-refractivity contribution in [3.05, 3.63) is 34.3 Å². The van der Waals surface area contributed by atoms with Crippen LogP contribution in [-0.4, -0.2) is 6.38 Å². The van der Waals surface area contributed by atoms with E-state index in [9.17, 15) is 0 Å². The van der Waals surface area contributed by atoms with Crippen LogP contribution in [0.3, 0.4) is 0 Å². The fourth-order valence-corrected chi connectivity index (χ4v) is 0.682. The molecule has 0 aliphatic rings. The summed E-state index contributed by atoms with van der Waals surface area (Å²) in [4.78, 5) is 0. The van der Waals surface area contributed by atoms with E-state index in [-0.39, 0.29) is 0 Å². The van der Waals surface area contributed by atoms with Gasteiger partial charge in [0.15, 0.2) is 0 Å². The Balaban J connectivity index is 0.000000371. The summed E-state index contributed by atoms with van der Waals surface area (Å²) >= 11 is 15.7. The molecule has 1 aromatic rings. The van der Waals surface area contributed by atoms with Gasteiger partial charge in [0, 0.05) is 16.4 Å². The zero-order valence-corrected chi connectivity index (χ0v) is 7.71. The van der Waals surface area contributed by atoms with Crippen molar-refractivity contribution in [2.45, 2.75) is 0 Å². The molecule has 0 heterocycles. The summed E-state index contributed by atoms with van der Waals surface area (Å²) in [5.41, 5.74) is 0. The Morgan fingerprint density at radius 2 is 1.00 bits per heavy atom. The lowest BCUT2D eigenvalue weighted by Gasteiger charge is -1.86. The third kappa shape index (κ3) is 3.99. The highest BCUT2D eigenvalue weighted by atomic mass is 35.5. The lowest BCUT2D eigenvalue weighted by Crippen LogP contribution is -1.60. The molecule has 0 unspecified atom stereocenters. The minimum absolute atomic E-state index is 0.717. The molecule has 0 radical (unpaired) electrons. The Bertz CT molecular complexity index is 148. The first kappa shape index (κ1) is 10.1. The second-order valence-corrected chi connectivity index (χ2v) is 2.31. The Morgan fingerprint density at radius 3 is 1.20 bits per heavy atom. The fourth-order valence-electron chi connectivity index (χ4n) is 0.430. The maximum absolute atomic E-state index is 5.55. The summed E-state index contributed by atoms with van der Waals surface area (Å²) in [7, 11) is 0. The molecule has 0 N–H and O–H groups in total. The van der Waals surface area contributed by atoms with Gasteiger partial charge in [-0.2, -0.15) is 0 Å². The zero-order valence-electron chi connectivity index (χ0n) is 5.44. The third-order valence-electron chi connectivity index (χ3n) is 0.804. The molecular weight excluding hydrogens is 190 g/mol. The Kier molecular flexibility index (Phi) is 5.90. The molecule has 0 fully saturated rings. The largest absolute Gasteiger partial charge is 0.130 e. The van der Waals surface area contributed by atoms with Gasteiger partial charge in [-0.15, -0.1) is 11.6 Å².